The molecule has 2 fully saturated rings. The van der Waals surface area contributed by atoms with Gasteiger partial charge in [0.05, 0.1) is 6.61 Å². The maximum atomic E-state index is 15.4. The molecule has 1 aromatic carbocycles. The molecule has 96 valence electrons. The predicted octanol–water partition coefficient (Wildman–Crippen LogP) is 2.70. The van der Waals surface area contributed by atoms with Gasteiger partial charge in [0.15, 0.2) is 0 Å². The molecule has 0 saturated carbocycles. The molecule has 2 saturated heterocycles. The summed E-state index contributed by atoms with van der Waals surface area (Å²) in [4.78, 5) is 0. The lowest BCUT2D eigenvalue weighted by atomic mass is 9.82. The lowest BCUT2D eigenvalue weighted by Gasteiger charge is -2.36. The minimum Gasteiger partial charge on any atom is -0.493 e. The van der Waals surface area contributed by atoms with Crippen LogP contribution in [0.4, 0.5) is 4.39 Å². The first-order valence-electron chi connectivity index (χ1n) is 6.95. The quantitative estimate of drug-likeness (QED) is 0.824. The van der Waals surface area contributed by atoms with E-state index < -0.39 is 5.67 Å². The molecule has 0 aliphatic carbocycles. The summed E-state index contributed by atoms with van der Waals surface area (Å²) in [6.45, 7) is 0.702. The third-order valence-corrected chi connectivity index (χ3v) is 4.67. The van der Waals surface area contributed by atoms with Crippen LogP contribution in [0.25, 0.3) is 0 Å². The average Bonchev–Trinajstić information content (AvgIpc) is 2.95. The summed E-state index contributed by atoms with van der Waals surface area (Å²) >= 11 is 0. The lowest BCUT2D eigenvalue weighted by molar-refractivity contribution is 0.0842. The van der Waals surface area contributed by atoms with Crippen molar-refractivity contribution in [3.63, 3.8) is 0 Å². The van der Waals surface area contributed by atoms with E-state index >= 15 is 4.39 Å². The van der Waals surface area contributed by atoms with Gasteiger partial charge in [0.2, 0.25) is 0 Å². The molecule has 3 aliphatic heterocycles. The largest absolute Gasteiger partial charge is 0.493 e. The molecule has 3 heterocycles. The molecular weight excluding hydrogens is 229 g/mol. The molecule has 1 N–H and O–H groups in total. The Morgan fingerprint density at radius 1 is 1.22 bits per heavy atom. The minimum atomic E-state index is -1.19. The summed E-state index contributed by atoms with van der Waals surface area (Å²) < 4.78 is 21.1. The summed E-state index contributed by atoms with van der Waals surface area (Å²) in [7, 11) is 0. The van der Waals surface area contributed by atoms with Crippen molar-refractivity contribution in [2.24, 2.45) is 0 Å². The molecule has 0 aromatic heterocycles. The van der Waals surface area contributed by atoms with Crippen LogP contribution in [0, 0.1) is 0 Å². The van der Waals surface area contributed by atoms with Gasteiger partial charge in [-0.05, 0) is 18.4 Å². The second-order valence-corrected chi connectivity index (χ2v) is 5.90. The number of benzene rings is 1. The molecule has 2 bridgehead atoms. The van der Waals surface area contributed by atoms with Crippen molar-refractivity contribution >= 4 is 0 Å². The van der Waals surface area contributed by atoms with E-state index in [2.05, 4.69) is 11.4 Å². The van der Waals surface area contributed by atoms with Crippen molar-refractivity contribution in [2.45, 2.75) is 49.9 Å². The van der Waals surface area contributed by atoms with Gasteiger partial charge in [-0.3, -0.25) is 0 Å². The van der Waals surface area contributed by atoms with E-state index in [9.17, 15) is 0 Å². The summed E-state index contributed by atoms with van der Waals surface area (Å²) in [5, 5.41) is 3.50. The highest BCUT2D eigenvalue weighted by Crippen LogP contribution is 2.48. The van der Waals surface area contributed by atoms with Crippen molar-refractivity contribution in [3.05, 3.63) is 29.3 Å². The van der Waals surface area contributed by atoms with Crippen molar-refractivity contribution in [1.82, 2.24) is 5.32 Å². The van der Waals surface area contributed by atoms with Gasteiger partial charge in [0.25, 0.3) is 0 Å². The summed E-state index contributed by atoms with van der Waals surface area (Å²) in [5.74, 6) is 0.835. The Kier molecular flexibility index (Phi) is 2.22. The Balaban J connectivity index is 1.76. The zero-order valence-corrected chi connectivity index (χ0v) is 10.4. The van der Waals surface area contributed by atoms with Gasteiger partial charge in [-0.1, -0.05) is 18.2 Å². The molecule has 0 amide bonds. The molecule has 2 atom stereocenters. The van der Waals surface area contributed by atoms with Gasteiger partial charge in [-0.2, -0.15) is 0 Å². The number of alkyl halides is 1. The molecule has 2 unspecified atom stereocenters. The van der Waals surface area contributed by atoms with Crippen LogP contribution in [-0.4, -0.2) is 18.7 Å². The van der Waals surface area contributed by atoms with Gasteiger partial charge >= 0.3 is 0 Å². The number of hydrogen-bond acceptors (Lipinski definition) is 2. The SMILES string of the molecule is FC1(c2cccc3c2OCC3)CC2CCC(C1)N2. The third kappa shape index (κ3) is 1.50. The van der Waals surface area contributed by atoms with E-state index in [0.717, 1.165) is 30.6 Å². The summed E-state index contributed by atoms with van der Waals surface area (Å²) in [6.07, 6.45) is 4.36. The van der Waals surface area contributed by atoms with Crippen molar-refractivity contribution in [3.8, 4) is 5.75 Å². The highest BCUT2D eigenvalue weighted by Gasteiger charge is 2.47. The fraction of sp³-hybridized carbons (Fsp3) is 0.600. The highest BCUT2D eigenvalue weighted by molar-refractivity contribution is 5.47. The topological polar surface area (TPSA) is 21.3 Å². The predicted molar refractivity (Wildman–Crippen MR) is 67.6 cm³/mol. The molecule has 3 aliphatic rings. The second-order valence-electron chi connectivity index (χ2n) is 5.90. The molecule has 2 nitrogen and oxygen atoms in total. The molecule has 4 rings (SSSR count). The van der Waals surface area contributed by atoms with Gasteiger partial charge in [-0.15, -0.1) is 0 Å². The molecule has 18 heavy (non-hydrogen) atoms. The van der Waals surface area contributed by atoms with Crippen LogP contribution in [0.5, 0.6) is 5.75 Å². The molecule has 0 radical (unpaired) electrons. The summed E-state index contributed by atoms with van der Waals surface area (Å²) in [6, 6.07) is 6.67. The van der Waals surface area contributed by atoms with Crippen LogP contribution < -0.4 is 10.1 Å². The third-order valence-electron chi connectivity index (χ3n) is 4.67. The monoisotopic (exact) mass is 247 g/mol. The van der Waals surface area contributed by atoms with Gasteiger partial charge < -0.3 is 10.1 Å². The smallest absolute Gasteiger partial charge is 0.142 e. The number of nitrogens with one attached hydrogen (secondary N) is 1. The van der Waals surface area contributed by atoms with Crippen LogP contribution in [-0.2, 0) is 12.1 Å². The number of ether oxygens (including phenoxy) is 1. The van der Waals surface area contributed by atoms with Crippen LogP contribution in [0.3, 0.4) is 0 Å². The second kappa shape index (κ2) is 3.70. The Morgan fingerprint density at radius 3 is 2.78 bits per heavy atom. The van der Waals surface area contributed by atoms with Gasteiger partial charge in [0, 0.05) is 36.9 Å². The van der Waals surface area contributed by atoms with Crippen molar-refractivity contribution in [2.75, 3.05) is 6.61 Å². The standard InChI is InChI=1S/C15H18FNO/c16-15(8-11-4-5-12(9-15)17-11)13-3-1-2-10-6-7-18-14(10)13/h1-3,11-12,17H,4-9H2. The van der Waals surface area contributed by atoms with Crippen LogP contribution in [0.2, 0.25) is 0 Å². The normalized spacial score (nSPS) is 37.4. The van der Waals surface area contributed by atoms with E-state index in [-0.39, 0.29) is 0 Å². The number of halogens is 1. The van der Waals surface area contributed by atoms with Crippen molar-refractivity contribution < 1.29 is 9.13 Å². The minimum absolute atomic E-state index is 0.353. The zero-order chi connectivity index (χ0) is 12.2. The first kappa shape index (κ1) is 10.8. The number of para-hydroxylation sites is 1. The van der Waals surface area contributed by atoms with E-state index in [1.807, 2.05) is 12.1 Å². The van der Waals surface area contributed by atoms with E-state index in [1.54, 1.807) is 0 Å². The first-order valence-corrected chi connectivity index (χ1v) is 6.95. The zero-order valence-electron chi connectivity index (χ0n) is 10.4. The first-order chi connectivity index (χ1) is 8.74. The molecule has 1 aromatic rings. The van der Waals surface area contributed by atoms with E-state index in [1.165, 1.54) is 5.56 Å². The molecule has 0 spiro atoms. The highest BCUT2D eigenvalue weighted by atomic mass is 19.1. The Hall–Kier alpha value is -1.09. The number of rotatable bonds is 1. The van der Waals surface area contributed by atoms with Crippen molar-refractivity contribution in [1.29, 1.82) is 0 Å². The van der Waals surface area contributed by atoms with Gasteiger partial charge in [0.1, 0.15) is 11.4 Å². The van der Waals surface area contributed by atoms with E-state index in [0.29, 0.717) is 31.5 Å². The van der Waals surface area contributed by atoms with Crippen LogP contribution in [0.15, 0.2) is 18.2 Å². The Morgan fingerprint density at radius 2 is 2.00 bits per heavy atom. The Bertz CT molecular complexity index is 475. The van der Waals surface area contributed by atoms with Crippen LogP contribution in [0.1, 0.15) is 36.8 Å². The number of fused-ring (bicyclic) bond motifs is 3. The fourth-order valence-corrected chi connectivity index (χ4v) is 3.88. The maximum Gasteiger partial charge on any atom is 0.142 e. The molecule has 3 heteroatoms. The van der Waals surface area contributed by atoms with E-state index in [4.69, 9.17) is 4.74 Å². The average molecular weight is 247 g/mol. The summed E-state index contributed by atoms with van der Waals surface area (Å²) in [5.41, 5.74) is 0.790. The van der Waals surface area contributed by atoms with Crippen LogP contribution >= 0.6 is 0 Å². The lowest BCUT2D eigenvalue weighted by Crippen LogP contribution is -2.44. The molecular formula is C15H18FNO. The Labute approximate surface area is 107 Å². The number of hydrogen-bond donors (Lipinski definition) is 1. The fourth-order valence-electron chi connectivity index (χ4n) is 3.88. The maximum absolute atomic E-state index is 15.4. The van der Waals surface area contributed by atoms with Gasteiger partial charge in [-0.25, -0.2) is 4.39 Å². The number of piperidine rings is 1.